The number of carbonyl (C=O) groups is 1. The predicted octanol–water partition coefficient (Wildman–Crippen LogP) is 2.36. The molecule has 21 heavy (non-hydrogen) atoms. The molecule has 0 saturated carbocycles. The Labute approximate surface area is 125 Å². The van der Waals surface area contributed by atoms with Crippen LogP contribution in [0.2, 0.25) is 0 Å². The molecule has 1 amide bonds. The third-order valence-electron chi connectivity index (χ3n) is 3.76. The van der Waals surface area contributed by atoms with Crippen molar-refractivity contribution in [2.24, 2.45) is 0 Å². The zero-order valence-electron chi connectivity index (χ0n) is 11.2. The van der Waals surface area contributed by atoms with E-state index in [0.29, 0.717) is 31.2 Å². The smallest absolute Gasteiger partial charge is 0.237 e. The molecule has 1 aromatic heterocycles. The van der Waals surface area contributed by atoms with Gasteiger partial charge in [-0.05, 0) is 30.5 Å². The Hall–Kier alpha value is -1.86. The number of nitrogens with zero attached hydrogens (tertiary/aromatic N) is 2. The highest BCUT2D eigenvalue weighted by Crippen LogP contribution is 2.36. The molecule has 2 aromatic rings. The quantitative estimate of drug-likeness (QED) is 0.945. The van der Waals surface area contributed by atoms with Gasteiger partial charge in [-0.2, -0.15) is 0 Å². The second-order valence-corrected chi connectivity index (χ2v) is 5.73. The van der Waals surface area contributed by atoms with Crippen molar-refractivity contribution >= 4 is 22.4 Å². The average molecular weight is 307 g/mol. The van der Waals surface area contributed by atoms with E-state index in [0.717, 1.165) is 5.56 Å². The van der Waals surface area contributed by atoms with E-state index >= 15 is 0 Å². The second kappa shape index (κ2) is 5.87. The number of halogens is 1. The number of carbonyl (C=O) groups excluding carboxylic acids is 1. The SMILES string of the molecule is O=C(Nc1nncs1)C1(c2ccc(F)cc2)CCOCC1. The first-order valence-corrected chi connectivity index (χ1v) is 7.50. The van der Waals surface area contributed by atoms with Crippen LogP contribution in [0.1, 0.15) is 18.4 Å². The Morgan fingerprint density at radius 1 is 1.29 bits per heavy atom. The first kappa shape index (κ1) is 14.1. The summed E-state index contributed by atoms with van der Waals surface area (Å²) in [7, 11) is 0. The maximum atomic E-state index is 13.1. The van der Waals surface area contributed by atoms with Crippen molar-refractivity contribution < 1.29 is 13.9 Å². The third-order valence-corrected chi connectivity index (χ3v) is 4.36. The van der Waals surface area contributed by atoms with Gasteiger partial charge in [0.05, 0.1) is 5.41 Å². The van der Waals surface area contributed by atoms with Crippen LogP contribution < -0.4 is 5.32 Å². The summed E-state index contributed by atoms with van der Waals surface area (Å²) in [6, 6.07) is 6.09. The Morgan fingerprint density at radius 2 is 2.00 bits per heavy atom. The van der Waals surface area contributed by atoms with Crippen LogP contribution in [-0.4, -0.2) is 29.3 Å². The molecule has 0 atom stereocenters. The monoisotopic (exact) mass is 307 g/mol. The van der Waals surface area contributed by atoms with Crippen molar-refractivity contribution in [2.45, 2.75) is 18.3 Å². The van der Waals surface area contributed by atoms with E-state index in [9.17, 15) is 9.18 Å². The van der Waals surface area contributed by atoms with Gasteiger partial charge >= 0.3 is 0 Å². The fraction of sp³-hybridized carbons (Fsp3) is 0.357. The topological polar surface area (TPSA) is 64.1 Å². The molecular formula is C14H14FN3O2S. The van der Waals surface area contributed by atoms with Gasteiger partial charge in [-0.3, -0.25) is 10.1 Å². The molecule has 1 saturated heterocycles. The van der Waals surface area contributed by atoms with E-state index in [1.165, 1.54) is 23.5 Å². The Morgan fingerprint density at radius 3 is 2.62 bits per heavy atom. The molecule has 5 nitrogen and oxygen atoms in total. The Bertz CT molecular complexity index is 610. The van der Waals surface area contributed by atoms with E-state index < -0.39 is 5.41 Å². The van der Waals surface area contributed by atoms with Gasteiger partial charge in [0, 0.05) is 13.2 Å². The van der Waals surface area contributed by atoms with Crippen LogP contribution in [0.3, 0.4) is 0 Å². The van der Waals surface area contributed by atoms with Crippen molar-refractivity contribution in [3.63, 3.8) is 0 Å². The van der Waals surface area contributed by atoms with Gasteiger partial charge in [0.25, 0.3) is 0 Å². The number of amides is 1. The molecule has 1 aliphatic rings. The molecule has 110 valence electrons. The summed E-state index contributed by atoms with van der Waals surface area (Å²) < 4.78 is 18.5. The highest BCUT2D eigenvalue weighted by molar-refractivity contribution is 7.13. The van der Waals surface area contributed by atoms with E-state index in [1.54, 1.807) is 17.6 Å². The van der Waals surface area contributed by atoms with Crippen molar-refractivity contribution in [1.29, 1.82) is 0 Å². The van der Waals surface area contributed by atoms with Gasteiger partial charge in [0.15, 0.2) is 0 Å². The van der Waals surface area contributed by atoms with Gasteiger partial charge in [0.2, 0.25) is 11.0 Å². The molecule has 3 rings (SSSR count). The molecule has 0 unspecified atom stereocenters. The zero-order valence-corrected chi connectivity index (χ0v) is 12.0. The number of hydrogen-bond acceptors (Lipinski definition) is 5. The number of nitrogens with one attached hydrogen (secondary N) is 1. The minimum absolute atomic E-state index is 0.144. The van der Waals surface area contributed by atoms with E-state index in [4.69, 9.17) is 4.74 Å². The van der Waals surface area contributed by atoms with Gasteiger partial charge in [-0.15, -0.1) is 10.2 Å². The summed E-state index contributed by atoms with van der Waals surface area (Å²) in [5, 5.41) is 10.8. The van der Waals surface area contributed by atoms with Crippen LogP contribution in [0.4, 0.5) is 9.52 Å². The minimum atomic E-state index is -0.711. The van der Waals surface area contributed by atoms with Crippen molar-refractivity contribution in [2.75, 3.05) is 18.5 Å². The lowest BCUT2D eigenvalue weighted by Gasteiger charge is -2.35. The standard InChI is InChI=1S/C14H14FN3O2S/c15-11-3-1-10(2-4-11)14(5-7-20-8-6-14)12(19)17-13-18-16-9-21-13/h1-4,9H,5-8H2,(H,17,18,19). The van der Waals surface area contributed by atoms with Crippen LogP contribution in [0.25, 0.3) is 0 Å². The molecule has 0 radical (unpaired) electrons. The average Bonchev–Trinajstić information content (AvgIpc) is 3.01. The lowest BCUT2D eigenvalue weighted by atomic mass is 9.73. The number of aromatic nitrogens is 2. The molecule has 1 N–H and O–H groups in total. The minimum Gasteiger partial charge on any atom is -0.381 e. The zero-order chi connectivity index (χ0) is 14.7. The fourth-order valence-corrected chi connectivity index (χ4v) is 3.02. The van der Waals surface area contributed by atoms with Crippen LogP contribution in [0.15, 0.2) is 29.8 Å². The van der Waals surface area contributed by atoms with Gasteiger partial charge in [-0.25, -0.2) is 4.39 Å². The molecule has 0 spiro atoms. The molecular weight excluding hydrogens is 293 g/mol. The Kier molecular flexibility index (Phi) is 3.94. The summed E-state index contributed by atoms with van der Waals surface area (Å²) in [4.78, 5) is 12.8. The predicted molar refractivity (Wildman–Crippen MR) is 76.7 cm³/mol. The summed E-state index contributed by atoms with van der Waals surface area (Å²) in [6.45, 7) is 1.00. The molecule has 2 heterocycles. The van der Waals surface area contributed by atoms with Gasteiger partial charge in [0.1, 0.15) is 11.3 Å². The van der Waals surface area contributed by atoms with Crippen LogP contribution in [0, 0.1) is 5.82 Å². The summed E-state index contributed by atoms with van der Waals surface area (Å²) >= 11 is 1.27. The van der Waals surface area contributed by atoms with Crippen molar-refractivity contribution in [3.05, 3.63) is 41.2 Å². The number of anilines is 1. The summed E-state index contributed by atoms with van der Waals surface area (Å²) in [6.07, 6.45) is 1.12. The van der Waals surface area contributed by atoms with Crippen molar-refractivity contribution in [3.8, 4) is 0 Å². The largest absolute Gasteiger partial charge is 0.381 e. The van der Waals surface area contributed by atoms with E-state index in [2.05, 4.69) is 15.5 Å². The van der Waals surface area contributed by atoms with E-state index in [1.807, 2.05) is 0 Å². The van der Waals surface area contributed by atoms with Crippen LogP contribution >= 0.6 is 11.3 Å². The fourth-order valence-electron chi connectivity index (χ4n) is 2.58. The molecule has 1 aliphatic heterocycles. The molecule has 0 aliphatic carbocycles. The summed E-state index contributed by atoms with van der Waals surface area (Å²) in [5.74, 6) is -0.459. The Balaban J connectivity index is 1.92. The first-order chi connectivity index (χ1) is 10.2. The number of hydrogen-bond donors (Lipinski definition) is 1. The molecule has 1 fully saturated rings. The molecule has 7 heteroatoms. The van der Waals surface area contributed by atoms with Crippen LogP contribution in [-0.2, 0) is 14.9 Å². The van der Waals surface area contributed by atoms with Gasteiger partial charge < -0.3 is 4.74 Å². The lowest BCUT2D eigenvalue weighted by Crippen LogP contribution is -2.44. The maximum Gasteiger partial charge on any atom is 0.237 e. The third kappa shape index (κ3) is 2.79. The van der Waals surface area contributed by atoms with Crippen molar-refractivity contribution in [1.82, 2.24) is 10.2 Å². The lowest BCUT2D eigenvalue weighted by molar-refractivity contribution is -0.125. The molecule has 1 aromatic carbocycles. The maximum absolute atomic E-state index is 13.1. The second-order valence-electron chi connectivity index (χ2n) is 4.90. The molecule has 0 bridgehead atoms. The van der Waals surface area contributed by atoms with Crippen LogP contribution in [0.5, 0.6) is 0 Å². The number of benzene rings is 1. The highest BCUT2D eigenvalue weighted by atomic mass is 32.1. The first-order valence-electron chi connectivity index (χ1n) is 6.62. The highest BCUT2D eigenvalue weighted by Gasteiger charge is 2.42. The number of rotatable bonds is 3. The van der Waals surface area contributed by atoms with E-state index in [-0.39, 0.29) is 11.7 Å². The normalized spacial score (nSPS) is 17.4. The number of ether oxygens (including phenoxy) is 1. The summed E-state index contributed by atoms with van der Waals surface area (Å²) in [5.41, 5.74) is 1.65. The van der Waals surface area contributed by atoms with Gasteiger partial charge in [-0.1, -0.05) is 23.5 Å².